The summed E-state index contributed by atoms with van der Waals surface area (Å²) in [4.78, 5) is 41.7. The van der Waals surface area contributed by atoms with Crippen molar-refractivity contribution in [3.8, 4) is 10.7 Å². The van der Waals surface area contributed by atoms with Crippen molar-refractivity contribution in [2.75, 3.05) is 5.43 Å². The predicted octanol–water partition coefficient (Wildman–Crippen LogP) is 2.62. The highest BCUT2D eigenvalue weighted by Crippen LogP contribution is 2.24. The SMILES string of the molecule is Cc1nn(CC(=O)Nn2c(-c3cccs3)nc3ccccc3c2=O)c(C)c1[N+](=O)[O-]. The van der Waals surface area contributed by atoms with E-state index >= 15 is 0 Å². The van der Waals surface area contributed by atoms with Crippen LogP contribution in [0.15, 0.2) is 46.6 Å². The molecule has 11 heteroatoms. The van der Waals surface area contributed by atoms with Gasteiger partial charge < -0.3 is 0 Å². The van der Waals surface area contributed by atoms with Gasteiger partial charge in [-0.3, -0.25) is 29.8 Å². The molecule has 1 aromatic carbocycles. The maximum atomic E-state index is 13.0. The topological polar surface area (TPSA) is 125 Å². The predicted molar refractivity (Wildman–Crippen MR) is 112 cm³/mol. The van der Waals surface area contributed by atoms with Crippen LogP contribution in [0.2, 0.25) is 0 Å². The molecule has 152 valence electrons. The molecule has 0 radical (unpaired) electrons. The van der Waals surface area contributed by atoms with Gasteiger partial charge in [0.25, 0.3) is 11.5 Å². The number of aromatic nitrogens is 4. The minimum absolute atomic E-state index is 0.133. The molecule has 3 aromatic heterocycles. The summed E-state index contributed by atoms with van der Waals surface area (Å²) >= 11 is 1.38. The van der Waals surface area contributed by atoms with E-state index in [1.807, 2.05) is 11.4 Å². The zero-order valence-electron chi connectivity index (χ0n) is 16.0. The van der Waals surface area contributed by atoms with Gasteiger partial charge in [0, 0.05) is 0 Å². The lowest BCUT2D eigenvalue weighted by Gasteiger charge is -2.14. The van der Waals surface area contributed by atoms with Crippen LogP contribution in [0.4, 0.5) is 5.69 Å². The summed E-state index contributed by atoms with van der Waals surface area (Å²) in [7, 11) is 0. The van der Waals surface area contributed by atoms with Crippen LogP contribution in [0.5, 0.6) is 0 Å². The highest BCUT2D eigenvalue weighted by atomic mass is 32.1. The van der Waals surface area contributed by atoms with Crippen LogP contribution >= 0.6 is 11.3 Å². The molecule has 4 rings (SSSR count). The lowest BCUT2D eigenvalue weighted by Crippen LogP contribution is -2.36. The second kappa shape index (κ2) is 7.52. The van der Waals surface area contributed by atoms with Crippen LogP contribution in [-0.4, -0.2) is 30.3 Å². The van der Waals surface area contributed by atoms with Crippen LogP contribution in [0.1, 0.15) is 11.4 Å². The average Bonchev–Trinajstić information content (AvgIpc) is 3.32. The molecule has 0 atom stereocenters. The van der Waals surface area contributed by atoms with Gasteiger partial charge in [-0.05, 0) is 37.4 Å². The van der Waals surface area contributed by atoms with Gasteiger partial charge in [-0.2, -0.15) is 9.77 Å². The number of carbonyl (C=O) groups excluding carboxylic acids is 1. The van der Waals surface area contributed by atoms with Crippen molar-refractivity contribution in [2.24, 2.45) is 0 Å². The fourth-order valence-electron chi connectivity index (χ4n) is 3.21. The number of rotatable bonds is 5. The summed E-state index contributed by atoms with van der Waals surface area (Å²) in [5.41, 5.74) is 3.01. The van der Waals surface area contributed by atoms with Gasteiger partial charge in [0.1, 0.15) is 17.9 Å². The van der Waals surface area contributed by atoms with Crippen molar-refractivity contribution in [1.29, 1.82) is 0 Å². The van der Waals surface area contributed by atoms with Crippen molar-refractivity contribution in [2.45, 2.75) is 20.4 Å². The van der Waals surface area contributed by atoms with Gasteiger partial charge in [-0.15, -0.1) is 11.3 Å². The van der Waals surface area contributed by atoms with E-state index in [4.69, 9.17) is 0 Å². The molecular weight excluding hydrogens is 408 g/mol. The van der Waals surface area contributed by atoms with Crippen molar-refractivity contribution in [1.82, 2.24) is 19.4 Å². The Labute approximate surface area is 173 Å². The molecular formula is C19H16N6O4S. The fraction of sp³-hybridized carbons (Fsp3) is 0.158. The number of hydrogen-bond donors (Lipinski definition) is 1. The third-order valence-electron chi connectivity index (χ3n) is 4.57. The van der Waals surface area contributed by atoms with Gasteiger partial charge in [0.2, 0.25) is 0 Å². The number of thiophene rings is 1. The second-order valence-electron chi connectivity index (χ2n) is 6.54. The number of nitrogens with one attached hydrogen (secondary N) is 1. The molecule has 3 heterocycles. The molecule has 0 aliphatic carbocycles. The van der Waals surface area contributed by atoms with E-state index in [0.717, 1.165) is 4.68 Å². The number of aryl methyl sites for hydroxylation is 1. The number of fused-ring (bicyclic) bond motifs is 1. The molecule has 10 nitrogen and oxygen atoms in total. The Morgan fingerprint density at radius 1 is 1.23 bits per heavy atom. The Morgan fingerprint density at radius 3 is 2.67 bits per heavy atom. The molecule has 0 aliphatic heterocycles. The minimum Gasteiger partial charge on any atom is -0.271 e. The van der Waals surface area contributed by atoms with Gasteiger partial charge in [-0.25, -0.2) is 4.98 Å². The second-order valence-corrected chi connectivity index (χ2v) is 7.49. The molecule has 1 amide bonds. The Morgan fingerprint density at radius 2 is 2.00 bits per heavy atom. The van der Waals surface area contributed by atoms with E-state index in [1.54, 1.807) is 30.3 Å². The molecule has 1 N–H and O–H groups in total. The minimum atomic E-state index is -0.563. The van der Waals surface area contributed by atoms with Gasteiger partial charge in [0.15, 0.2) is 5.82 Å². The van der Waals surface area contributed by atoms with Gasteiger partial charge in [-0.1, -0.05) is 18.2 Å². The molecule has 0 fully saturated rings. The first kappa shape index (κ1) is 19.5. The molecule has 0 saturated carbocycles. The Hall–Kier alpha value is -3.86. The molecule has 0 spiro atoms. The fourth-order valence-corrected chi connectivity index (χ4v) is 3.91. The smallest absolute Gasteiger partial charge is 0.271 e. The van der Waals surface area contributed by atoms with Crippen molar-refractivity contribution >= 4 is 33.8 Å². The first-order valence-electron chi connectivity index (χ1n) is 8.90. The number of benzene rings is 1. The number of hydrogen-bond acceptors (Lipinski definition) is 7. The molecule has 4 aromatic rings. The highest BCUT2D eigenvalue weighted by molar-refractivity contribution is 7.13. The molecule has 0 aliphatic rings. The largest absolute Gasteiger partial charge is 0.312 e. The Bertz CT molecular complexity index is 1340. The number of nitrogens with zero attached hydrogens (tertiary/aromatic N) is 5. The monoisotopic (exact) mass is 424 g/mol. The zero-order valence-corrected chi connectivity index (χ0v) is 16.8. The molecule has 0 unspecified atom stereocenters. The van der Waals surface area contributed by atoms with E-state index in [-0.39, 0.29) is 23.6 Å². The maximum Gasteiger partial charge on any atom is 0.312 e. The van der Waals surface area contributed by atoms with Crippen molar-refractivity contribution < 1.29 is 9.72 Å². The Kier molecular flexibility index (Phi) is 4.88. The van der Waals surface area contributed by atoms with Crippen molar-refractivity contribution in [3.05, 3.63) is 73.6 Å². The van der Waals surface area contributed by atoms with Crippen LogP contribution in [0.3, 0.4) is 0 Å². The van der Waals surface area contributed by atoms with Gasteiger partial charge >= 0.3 is 5.69 Å². The average molecular weight is 424 g/mol. The third-order valence-corrected chi connectivity index (χ3v) is 5.44. The first-order valence-corrected chi connectivity index (χ1v) is 9.78. The van der Waals surface area contributed by atoms with Crippen LogP contribution in [0.25, 0.3) is 21.6 Å². The summed E-state index contributed by atoms with van der Waals surface area (Å²) < 4.78 is 2.35. The summed E-state index contributed by atoms with van der Waals surface area (Å²) in [5, 5.41) is 17.5. The van der Waals surface area contributed by atoms with E-state index < -0.39 is 16.4 Å². The molecule has 0 bridgehead atoms. The maximum absolute atomic E-state index is 13.0. The summed E-state index contributed by atoms with van der Waals surface area (Å²) in [6, 6.07) is 10.5. The quantitative estimate of drug-likeness (QED) is 0.388. The number of nitro groups is 1. The normalized spacial score (nSPS) is 11.0. The van der Waals surface area contributed by atoms with Crippen LogP contribution in [-0.2, 0) is 11.3 Å². The lowest BCUT2D eigenvalue weighted by atomic mass is 10.2. The summed E-state index contributed by atoms with van der Waals surface area (Å²) in [6.45, 7) is 2.74. The lowest BCUT2D eigenvalue weighted by molar-refractivity contribution is -0.386. The van der Waals surface area contributed by atoms with E-state index in [2.05, 4.69) is 15.5 Å². The number of para-hydroxylation sites is 1. The molecule has 0 saturated heterocycles. The third kappa shape index (κ3) is 3.35. The Balaban J connectivity index is 1.73. The van der Waals surface area contributed by atoms with Gasteiger partial charge in [0.05, 0.1) is 20.7 Å². The number of amides is 1. The summed E-state index contributed by atoms with van der Waals surface area (Å²) in [5.74, 6) is -0.256. The first-order chi connectivity index (χ1) is 14.4. The molecule has 30 heavy (non-hydrogen) atoms. The van der Waals surface area contributed by atoms with Crippen molar-refractivity contribution in [3.63, 3.8) is 0 Å². The van der Waals surface area contributed by atoms with E-state index in [1.165, 1.54) is 29.9 Å². The number of carbonyl (C=O) groups is 1. The highest BCUT2D eigenvalue weighted by Gasteiger charge is 2.23. The van der Waals surface area contributed by atoms with E-state index in [0.29, 0.717) is 21.6 Å². The van der Waals surface area contributed by atoms with Crippen LogP contribution in [0, 0.1) is 24.0 Å². The van der Waals surface area contributed by atoms with E-state index in [9.17, 15) is 19.7 Å². The standard InChI is InChI=1S/C19H16N6O4S/c1-11-17(25(28)29)12(2)23(21-11)10-16(26)22-24-18(15-8-5-9-30-15)20-14-7-4-3-6-13(14)19(24)27/h3-9H,10H2,1-2H3,(H,22,26). The summed E-state index contributed by atoms with van der Waals surface area (Å²) in [6.07, 6.45) is 0. The van der Waals surface area contributed by atoms with Crippen LogP contribution < -0.4 is 11.0 Å². The zero-order chi connectivity index (χ0) is 21.4.